The molecule has 3 rings (SSSR count). The van der Waals surface area contributed by atoms with E-state index in [4.69, 9.17) is 0 Å². The molecule has 0 radical (unpaired) electrons. The average Bonchev–Trinajstić information content (AvgIpc) is 2.95. The lowest BCUT2D eigenvalue weighted by Gasteiger charge is -2.30. The number of ether oxygens (including phenoxy) is 1. The molecule has 0 aromatic heterocycles. The minimum absolute atomic E-state index is 0.0197. The van der Waals surface area contributed by atoms with Gasteiger partial charge in [0.2, 0.25) is 5.91 Å². The van der Waals surface area contributed by atoms with Gasteiger partial charge < -0.3 is 15.4 Å². The number of nitrogens with one attached hydrogen (secondary N) is 2. The lowest BCUT2D eigenvalue weighted by Crippen LogP contribution is -2.47. The smallest absolute Gasteiger partial charge is 0.387 e. The predicted octanol–water partition coefficient (Wildman–Crippen LogP) is 2.83. The highest BCUT2D eigenvalue weighted by Crippen LogP contribution is 2.38. The first-order valence-corrected chi connectivity index (χ1v) is 11.8. The first kappa shape index (κ1) is 25.2. The Balaban J connectivity index is 1.77. The van der Waals surface area contributed by atoms with Crippen LogP contribution < -0.4 is 15.4 Å². The largest absolute Gasteiger partial charge is 0.435 e. The van der Waals surface area contributed by atoms with Crippen molar-refractivity contribution < 1.29 is 31.5 Å². The molecule has 1 aliphatic rings. The van der Waals surface area contributed by atoms with Crippen molar-refractivity contribution in [2.75, 3.05) is 6.54 Å². The van der Waals surface area contributed by atoms with Crippen molar-refractivity contribution in [3.05, 3.63) is 71.4 Å². The molecule has 2 N–H and O–H groups in total. The van der Waals surface area contributed by atoms with Gasteiger partial charge in [-0.15, -0.1) is 0 Å². The molecule has 0 saturated heterocycles. The molecule has 1 aliphatic heterocycles. The molecular weight excluding hydrogens is 468 g/mol. The van der Waals surface area contributed by atoms with E-state index in [-0.39, 0.29) is 29.4 Å². The zero-order valence-corrected chi connectivity index (χ0v) is 19.7. The van der Waals surface area contributed by atoms with Gasteiger partial charge in [0.15, 0.2) is 0 Å². The quantitative estimate of drug-likeness (QED) is 0.586. The Morgan fingerprint density at radius 3 is 2.38 bits per heavy atom. The number of halogens is 2. The van der Waals surface area contributed by atoms with Gasteiger partial charge >= 0.3 is 6.61 Å². The van der Waals surface area contributed by atoms with Crippen LogP contribution in [0.5, 0.6) is 5.75 Å². The van der Waals surface area contributed by atoms with Crippen molar-refractivity contribution in [1.82, 2.24) is 14.9 Å². The van der Waals surface area contributed by atoms with Gasteiger partial charge in [-0.2, -0.15) is 8.78 Å². The summed E-state index contributed by atoms with van der Waals surface area (Å²) in [7, 11) is -4.16. The molecule has 182 valence electrons. The number of carbonyl (C=O) groups is 2. The number of hydrogen-bond donors (Lipinski definition) is 2. The second-order valence-corrected chi connectivity index (χ2v) is 10.2. The third-order valence-electron chi connectivity index (χ3n) is 4.81. The molecule has 2 aromatic rings. The first-order chi connectivity index (χ1) is 15.9. The fourth-order valence-electron chi connectivity index (χ4n) is 3.50. The number of carbonyl (C=O) groups excluding carboxylic acids is 2. The topological polar surface area (TPSA) is 105 Å². The van der Waals surface area contributed by atoms with Crippen LogP contribution in [-0.2, 0) is 26.2 Å². The highest BCUT2D eigenvalue weighted by Gasteiger charge is 2.49. The Morgan fingerprint density at radius 2 is 1.76 bits per heavy atom. The third kappa shape index (κ3) is 5.53. The van der Waals surface area contributed by atoms with Crippen molar-refractivity contribution in [3.8, 4) is 5.75 Å². The number of hydrogen-bond acceptors (Lipinski definition) is 6. The van der Waals surface area contributed by atoms with Crippen LogP contribution in [0.3, 0.4) is 0 Å². The second-order valence-electron chi connectivity index (χ2n) is 8.47. The predicted molar refractivity (Wildman–Crippen MR) is 122 cm³/mol. The summed E-state index contributed by atoms with van der Waals surface area (Å²) >= 11 is 0. The summed E-state index contributed by atoms with van der Waals surface area (Å²) in [6.45, 7) is 1.49. The summed E-state index contributed by atoms with van der Waals surface area (Å²) in [5.41, 5.74) is -0.369. The van der Waals surface area contributed by atoms with Crippen LogP contribution in [0.2, 0.25) is 0 Å². The Hall–Kier alpha value is -3.47. The molecule has 2 aromatic carbocycles. The molecule has 0 fully saturated rings. The van der Waals surface area contributed by atoms with Crippen molar-refractivity contribution in [2.24, 2.45) is 0 Å². The molecule has 34 heavy (non-hydrogen) atoms. The maximum atomic E-state index is 13.3. The van der Waals surface area contributed by atoms with Crippen molar-refractivity contribution >= 4 is 26.7 Å². The maximum absolute atomic E-state index is 13.3. The van der Waals surface area contributed by atoms with Gasteiger partial charge in [-0.05, 0) is 44.0 Å². The van der Waals surface area contributed by atoms with Gasteiger partial charge in [-0.1, -0.05) is 42.5 Å². The monoisotopic (exact) mass is 493 g/mol. The normalized spacial score (nSPS) is 15.6. The molecular formula is C23H25F2N3O5S. The van der Waals surface area contributed by atoms with E-state index in [0.29, 0.717) is 11.1 Å². The van der Waals surface area contributed by atoms with E-state index in [1.807, 2.05) is 0 Å². The van der Waals surface area contributed by atoms with Crippen molar-refractivity contribution in [3.63, 3.8) is 0 Å². The summed E-state index contributed by atoms with van der Waals surface area (Å²) in [6.07, 6.45) is 0. The van der Waals surface area contributed by atoms with E-state index < -0.39 is 34.0 Å². The van der Waals surface area contributed by atoms with E-state index in [9.17, 15) is 26.8 Å². The van der Waals surface area contributed by atoms with E-state index >= 15 is 0 Å². The van der Waals surface area contributed by atoms with Crippen molar-refractivity contribution in [1.29, 1.82) is 0 Å². The highest BCUT2D eigenvalue weighted by atomic mass is 32.2. The molecule has 1 heterocycles. The van der Waals surface area contributed by atoms with Gasteiger partial charge in [0.25, 0.3) is 15.9 Å². The fraction of sp³-hybridized carbons (Fsp3) is 0.304. The first-order valence-electron chi connectivity index (χ1n) is 10.3. The van der Waals surface area contributed by atoms with Gasteiger partial charge in [-0.25, -0.2) is 12.7 Å². The van der Waals surface area contributed by atoms with E-state index in [1.165, 1.54) is 18.2 Å². The van der Waals surface area contributed by atoms with Crippen molar-refractivity contribution in [2.45, 2.75) is 39.5 Å². The van der Waals surface area contributed by atoms with Gasteiger partial charge in [0.1, 0.15) is 16.4 Å². The molecule has 8 nitrogen and oxygen atoms in total. The summed E-state index contributed by atoms with van der Waals surface area (Å²) < 4.78 is 56.4. The minimum atomic E-state index is -4.16. The highest BCUT2D eigenvalue weighted by molar-refractivity contribution is 7.99. The number of nitrogens with zero attached hydrogens (tertiary/aromatic N) is 1. The number of benzene rings is 2. The Morgan fingerprint density at radius 1 is 1.09 bits per heavy atom. The SMILES string of the molecule is CC(C)(C)N1C(=O)C(NCC(=O)NCc2cccc(OC(F)F)c2)=C(c2ccccc2)S1(=O)=O. The third-order valence-corrected chi connectivity index (χ3v) is 6.96. The average molecular weight is 494 g/mol. The van der Waals surface area contributed by atoms with Gasteiger partial charge in [0.05, 0.1) is 12.1 Å². The maximum Gasteiger partial charge on any atom is 0.387 e. The molecule has 11 heteroatoms. The fourth-order valence-corrected chi connectivity index (χ4v) is 5.56. The number of alkyl halides is 2. The minimum Gasteiger partial charge on any atom is -0.435 e. The van der Waals surface area contributed by atoms with Gasteiger partial charge in [0, 0.05) is 6.54 Å². The van der Waals surface area contributed by atoms with Crippen LogP contribution in [0.4, 0.5) is 8.78 Å². The Kier molecular flexibility index (Phi) is 7.25. The van der Waals surface area contributed by atoms with E-state index in [0.717, 1.165) is 4.31 Å². The summed E-state index contributed by atoms with van der Waals surface area (Å²) in [5.74, 6) is -1.32. The molecule has 0 unspecified atom stereocenters. The van der Waals surface area contributed by atoms with Crippen LogP contribution in [-0.4, -0.2) is 43.2 Å². The van der Waals surface area contributed by atoms with Crippen LogP contribution in [0.15, 0.2) is 60.3 Å². The number of amides is 2. The van der Waals surface area contributed by atoms with Crippen LogP contribution in [0.25, 0.3) is 4.91 Å². The van der Waals surface area contributed by atoms with E-state index in [1.54, 1.807) is 57.2 Å². The Labute approximate surface area is 196 Å². The molecule has 2 amide bonds. The molecule has 0 spiro atoms. The summed E-state index contributed by atoms with van der Waals surface area (Å²) in [5, 5.41) is 5.28. The molecule has 0 bridgehead atoms. The number of rotatable bonds is 8. The van der Waals surface area contributed by atoms with Crippen LogP contribution in [0, 0.1) is 0 Å². The molecule has 0 saturated carbocycles. The summed E-state index contributed by atoms with van der Waals surface area (Å²) in [6, 6.07) is 14.0. The van der Waals surface area contributed by atoms with Gasteiger partial charge in [-0.3, -0.25) is 9.59 Å². The second kappa shape index (κ2) is 9.80. The lowest BCUT2D eigenvalue weighted by molar-refractivity contribution is -0.125. The summed E-state index contributed by atoms with van der Waals surface area (Å²) in [4.78, 5) is 25.3. The number of sulfonamides is 1. The molecule has 0 aliphatic carbocycles. The molecule has 0 atom stereocenters. The zero-order chi connectivity index (χ0) is 25.1. The zero-order valence-electron chi connectivity index (χ0n) is 18.8. The van der Waals surface area contributed by atoms with Crippen LogP contribution >= 0.6 is 0 Å². The Bertz CT molecular complexity index is 1210. The lowest BCUT2D eigenvalue weighted by atomic mass is 10.1. The van der Waals surface area contributed by atoms with Crippen LogP contribution in [0.1, 0.15) is 31.9 Å². The van der Waals surface area contributed by atoms with E-state index in [2.05, 4.69) is 15.4 Å². The standard InChI is InChI=1S/C23H25F2N3O5S/c1-23(2,3)28-21(30)19(20(34(28,31)32)16-9-5-4-6-10-16)27-14-18(29)26-13-15-8-7-11-17(12-15)33-22(24)25/h4-12,22,27H,13-14H2,1-3H3,(H,26,29).